The van der Waals surface area contributed by atoms with Crippen molar-refractivity contribution in [1.29, 1.82) is 0 Å². The molecule has 2 aromatic heterocycles. The van der Waals surface area contributed by atoms with Gasteiger partial charge in [0, 0.05) is 6.42 Å². The van der Waals surface area contributed by atoms with Gasteiger partial charge in [-0.2, -0.15) is 22.7 Å². The normalized spacial score (nSPS) is 14.4. The van der Waals surface area contributed by atoms with Crippen LogP contribution in [0.25, 0.3) is 5.57 Å². The van der Waals surface area contributed by atoms with Crippen LogP contribution < -0.4 is 35.0 Å². The van der Waals surface area contributed by atoms with Gasteiger partial charge in [0.1, 0.15) is 13.1 Å². The van der Waals surface area contributed by atoms with Gasteiger partial charge in [-0.05, 0) is 56.4 Å². The molecule has 1 aliphatic rings. The van der Waals surface area contributed by atoms with Crippen molar-refractivity contribution in [3.8, 4) is 0 Å². The molecule has 7 heteroatoms. The molecule has 140 valence electrons. The molecule has 3 N–H and O–H groups in total. The lowest BCUT2D eigenvalue weighted by molar-refractivity contribution is -0.909. The number of hydrogen-bond acceptors (Lipinski definition) is 3. The predicted octanol–water partition coefficient (Wildman–Crippen LogP) is -4.88. The highest BCUT2D eigenvalue weighted by atomic mass is 35.5. The van der Waals surface area contributed by atoms with Crippen molar-refractivity contribution < 1.29 is 39.8 Å². The van der Waals surface area contributed by atoms with Crippen LogP contribution in [-0.4, -0.2) is 45.9 Å². The Morgan fingerprint density at radius 2 is 1.72 bits per heavy atom. The first kappa shape index (κ1) is 22.6. The van der Waals surface area contributed by atoms with Crippen molar-refractivity contribution in [1.82, 2.24) is 0 Å². The molecular formula is C18H26Cl2N2OS2. The number of halogens is 2. The summed E-state index contributed by atoms with van der Waals surface area (Å²) in [5.74, 6) is 0. The molecule has 1 saturated heterocycles. The average Bonchev–Trinajstić information content (AvgIpc) is 3.29. The molecule has 0 atom stereocenters. The van der Waals surface area contributed by atoms with E-state index in [9.17, 15) is 0 Å². The minimum absolute atomic E-state index is 0. The lowest BCUT2D eigenvalue weighted by atomic mass is 10.0. The Balaban J connectivity index is 0.00000156. The van der Waals surface area contributed by atoms with Crippen molar-refractivity contribution in [2.24, 2.45) is 0 Å². The quantitative estimate of drug-likeness (QED) is 0.412. The number of quaternary nitrogens is 2. The zero-order valence-corrected chi connectivity index (χ0v) is 17.4. The second-order valence-electron chi connectivity index (χ2n) is 5.92. The second-order valence-corrected chi connectivity index (χ2v) is 7.48. The highest BCUT2D eigenvalue weighted by Crippen LogP contribution is 2.26. The van der Waals surface area contributed by atoms with E-state index in [4.69, 9.17) is 4.74 Å². The molecule has 0 amide bonds. The number of hydrogen-bond donors (Lipinski definition) is 2. The molecule has 1 aliphatic heterocycles. The molecule has 1 fully saturated rings. The lowest BCUT2D eigenvalue weighted by Crippen LogP contribution is -3.14. The van der Waals surface area contributed by atoms with Crippen LogP contribution in [0.3, 0.4) is 0 Å². The van der Waals surface area contributed by atoms with E-state index in [0.29, 0.717) is 0 Å². The van der Waals surface area contributed by atoms with Crippen molar-refractivity contribution >= 4 is 28.2 Å². The molecule has 0 aromatic carbocycles. The summed E-state index contributed by atoms with van der Waals surface area (Å²) in [5.41, 5.74) is 4.07. The Morgan fingerprint density at radius 1 is 1.08 bits per heavy atom. The Morgan fingerprint density at radius 3 is 2.28 bits per heavy atom. The van der Waals surface area contributed by atoms with E-state index in [1.165, 1.54) is 49.3 Å². The van der Waals surface area contributed by atoms with Crippen molar-refractivity contribution in [3.63, 3.8) is 0 Å². The third kappa shape index (κ3) is 7.39. The van der Waals surface area contributed by atoms with E-state index < -0.39 is 0 Å². The SMILES string of the molecule is C(C[NH2+]CCC[NH+]1CCOCC1)=C(c1ccsc1)c1ccsc1.[Cl-].[Cl-]. The zero-order valence-electron chi connectivity index (χ0n) is 14.3. The van der Waals surface area contributed by atoms with Crippen LogP contribution in [0.1, 0.15) is 17.5 Å². The van der Waals surface area contributed by atoms with Gasteiger partial charge in [0.2, 0.25) is 0 Å². The van der Waals surface area contributed by atoms with Gasteiger partial charge in [-0.1, -0.05) is 0 Å². The van der Waals surface area contributed by atoms with Gasteiger partial charge < -0.3 is 39.8 Å². The van der Waals surface area contributed by atoms with Crippen molar-refractivity contribution in [2.45, 2.75) is 6.42 Å². The van der Waals surface area contributed by atoms with Gasteiger partial charge in [-0.25, -0.2) is 0 Å². The molecule has 25 heavy (non-hydrogen) atoms. The largest absolute Gasteiger partial charge is 1.00 e. The summed E-state index contributed by atoms with van der Waals surface area (Å²) in [6.07, 6.45) is 3.67. The van der Waals surface area contributed by atoms with Crippen LogP contribution >= 0.6 is 22.7 Å². The van der Waals surface area contributed by atoms with Crippen molar-refractivity contribution in [2.75, 3.05) is 45.9 Å². The number of nitrogens with two attached hydrogens (primary N) is 1. The lowest BCUT2D eigenvalue weighted by Gasteiger charge is -2.23. The Labute approximate surface area is 170 Å². The standard InChI is InChI=1S/C18H24N2OS2.2ClH/c1(7-20-8-10-21-11-9-20)5-19-6-2-18(16-3-12-22-14-16)17-4-13-23-15-17;;/h2-4,12-15,19H,1,5-11H2;2*1H. The van der Waals surface area contributed by atoms with Crippen LogP contribution in [0.4, 0.5) is 0 Å². The maximum atomic E-state index is 5.41. The number of rotatable bonds is 8. The Bertz CT molecular complexity index is 546. The fourth-order valence-corrected chi connectivity index (χ4v) is 4.28. The fraction of sp³-hybridized carbons (Fsp3) is 0.444. The highest BCUT2D eigenvalue weighted by Gasteiger charge is 2.13. The molecule has 0 spiro atoms. The molecule has 3 heterocycles. The molecule has 0 radical (unpaired) electrons. The molecule has 0 aliphatic carbocycles. The second kappa shape index (κ2) is 12.9. The summed E-state index contributed by atoms with van der Waals surface area (Å²) in [6.45, 7) is 7.78. The maximum absolute atomic E-state index is 5.41. The van der Waals surface area contributed by atoms with Crippen LogP contribution in [0, 0.1) is 0 Å². The smallest absolute Gasteiger partial charge is 0.101 e. The summed E-state index contributed by atoms with van der Waals surface area (Å²) in [7, 11) is 0. The van der Waals surface area contributed by atoms with E-state index in [1.54, 1.807) is 27.6 Å². The Kier molecular flexibility index (Phi) is 11.7. The summed E-state index contributed by atoms with van der Waals surface area (Å²) in [5, 5.41) is 11.2. The maximum Gasteiger partial charge on any atom is 0.101 e. The van der Waals surface area contributed by atoms with E-state index in [0.717, 1.165) is 19.8 Å². The zero-order chi connectivity index (χ0) is 15.7. The van der Waals surface area contributed by atoms with Gasteiger partial charge in [0.05, 0.1) is 32.8 Å². The van der Waals surface area contributed by atoms with E-state index in [-0.39, 0.29) is 24.8 Å². The number of nitrogens with one attached hydrogen (secondary N) is 1. The average molecular weight is 421 g/mol. The van der Waals surface area contributed by atoms with Gasteiger partial charge in [-0.3, -0.25) is 0 Å². The van der Waals surface area contributed by atoms with E-state index in [1.807, 2.05) is 0 Å². The van der Waals surface area contributed by atoms with Gasteiger partial charge in [-0.15, -0.1) is 0 Å². The van der Waals surface area contributed by atoms with Gasteiger partial charge in [0.15, 0.2) is 0 Å². The number of thiophene rings is 2. The van der Waals surface area contributed by atoms with Gasteiger partial charge >= 0.3 is 0 Å². The third-order valence-corrected chi connectivity index (χ3v) is 5.66. The first-order valence-electron chi connectivity index (χ1n) is 8.42. The minimum atomic E-state index is 0. The van der Waals surface area contributed by atoms with E-state index >= 15 is 0 Å². The van der Waals surface area contributed by atoms with E-state index in [2.05, 4.69) is 45.0 Å². The van der Waals surface area contributed by atoms with Crippen molar-refractivity contribution in [3.05, 3.63) is 50.9 Å². The van der Waals surface area contributed by atoms with Gasteiger partial charge in [0.25, 0.3) is 0 Å². The first-order valence-corrected chi connectivity index (χ1v) is 10.3. The first-order chi connectivity index (χ1) is 11.4. The fourth-order valence-electron chi connectivity index (χ4n) is 2.96. The minimum Gasteiger partial charge on any atom is -1.00 e. The molecule has 0 saturated carbocycles. The molecule has 2 aromatic rings. The van der Waals surface area contributed by atoms with Crippen LogP contribution in [-0.2, 0) is 4.74 Å². The molecule has 0 unspecified atom stereocenters. The summed E-state index contributed by atoms with van der Waals surface area (Å²) in [6, 6.07) is 4.44. The van der Waals surface area contributed by atoms with Crippen LogP contribution in [0.2, 0.25) is 0 Å². The van der Waals surface area contributed by atoms with Crippen LogP contribution in [0.15, 0.2) is 39.7 Å². The highest BCUT2D eigenvalue weighted by molar-refractivity contribution is 7.08. The Hall–Kier alpha value is -0.400. The topological polar surface area (TPSA) is 30.3 Å². The predicted molar refractivity (Wildman–Crippen MR) is 98.4 cm³/mol. The molecular weight excluding hydrogens is 395 g/mol. The molecule has 3 nitrogen and oxygen atoms in total. The monoisotopic (exact) mass is 420 g/mol. The summed E-state index contributed by atoms with van der Waals surface area (Å²) in [4.78, 5) is 1.71. The molecule has 3 rings (SSSR count). The summed E-state index contributed by atoms with van der Waals surface area (Å²) < 4.78 is 5.41. The number of ether oxygens (including phenoxy) is 1. The summed E-state index contributed by atoms with van der Waals surface area (Å²) >= 11 is 3.54. The molecule has 0 bridgehead atoms. The third-order valence-electron chi connectivity index (χ3n) is 4.29. The van der Waals surface area contributed by atoms with Crippen LogP contribution in [0.5, 0.6) is 0 Å². The number of morpholine rings is 1.